The number of hydrogen-bond acceptors (Lipinski definition) is 4. The summed E-state index contributed by atoms with van der Waals surface area (Å²) in [5, 5.41) is 1.47. The van der Waals surface area contributed by atoms with Crippen molar-refractivity contribution >= 4 is 22.9 Å². The number of rotatable bonds is 1. The molecule has 0 atom stereocenters. The molecular formula is C8H6ClN3S. The van der Waals surface area contributed by atoms with Gasteiger partial charge in [-0.2, -0.15) is 0 Å². The normalized spacial score (nSPS) is 10.3. The highest BCUT2D eigenvalue weighted by Gasteiger charge is 2.03. The Morgan fingerprint density at radius 3 is 2.77 bits per heavy atom. The van der Waals surface area contributed by atoms with Crippen LogP contribution in [-0.4, -0.2) is 15.0 Å². The van der Waals surface area contributed by atoms with Gasteiger partial charge in [-0.25, -0.2) is 15.0 Å². The molecule has 0 amide bonds. The van der Waals surface area contributed by atoms with Crippen LogP contribution in [0.15, 0.2) is 18.6 Å². The second kappa shape index (κ2) is 3.40. The molecule has 5 heteroatoms. The fourth-order valence-corrected chi connectivity index (χ4v) is 1.84. The van der Waals surface area contributed by atoms with E-state index in [0.29, 0.717) is 5.15 Å². The molecule has 0 aliphatic heterocycles. The highest BCUT2D eigenvalue weighted by Crippen LogP contribution is 2.24. The van der Waals surface area contributed by atoms with E-state index in [1.807, 2.05) is 6.92 Å². The predicted octanol–water partition coefficient (Wildman–Crippen LogP) is 2.56. The van der Waals surface area contributed by atoms with E-state index in [0.717, 1.165) is 15.6 Å². The zero-order valence-corrected chi connectivity index (χ0v) is 8.43. The van der Waals surface area contributed by atoms with E-state index in [-0.39, 0.29) is 0 Å². The smallest absolute Gasteiger partial charge is 0.133 e. The first-order chi connectivity index (χ1) is 6.25. The zero-order valence-electron chi connectivity index (χ0n) is 6.86. The standard InChI is InChI=1S/C8H6ClN3S/c1-5-10-3-7(13-5)6-2-8(9)12-4-11-6/h2-4H,1H3. The van der Waals surface area contributed by atoms with Crippen molar-refractivity contribution in [1.29, 1.82) is 0 Å². The van der Waals surface area contributed by atoms with Crippen molar-refractivity contribution in [2.45, 2.75) is 6.92 Å². The van der Waals surface area contributed by atoms with Gasteiger partial charge in [-0.3, -0.25) is 0 Å². The molecule has 0 aliphatic rings. The summed E-state index contributed by atoms with van der Waals surface area (Å²) in [7, 11) is 0. The molecule has 3 nitrogen and oxygen atoms in total. The second-order valence-electron chi connectivity index (χ2n) is 2.47. The summed E-state index contributed by atoms with van der Waals surface area (Å²) in [6.07, 6.45) is 3.24. The van der Waals surface area contributed by atoms with Gasteiger partial charge in [0.2, 0.25) is 0 Å². The maximum Gasteiger partial charge on any atom is 0.133 e. The predicted molar refractivity (Wildman–Crippen MR) is 52.9 cm³/mol. The van der Waals surface area contributed by atoms with Gasteiger partial charge in [-0.05, 0) is 6.92 Å². The van der Waals surface area contributed by atoms with Crippen molar-refractivity contribution in [3.63, 3.8) is 0 Å². The molecular weight excluding hydrogens is 206 g/mol. The van der Waals surface area contributed by atoms with Crippen molar-refractivity contribution in [2.75, 3.05) is 0 Å². The van der Waals surface area contributed by atoms with E-state index >= 15 is 0 Å². The summed E-state index contributed by atoms with van der Waals surface area (Å²) in [6.45, 7) is 1.96. The number of hydrogen-bond donors (Lipinski definition) is 0. The average molecular weight is 212 g/mol. The highest BCUT2D eigenvalue weighted by molar-refractivity contribution is 7.15. The van der Waals surface area contributed by atoms with Crippen molar-refractivity contribution in [3.05, 3.63) is 28.8 Å². The van der Waals surface area contributed by atoms with Crippen LogP contribution >= 0.6 is 22.9 Å². The minimum Gasteiger partial charge on any atom is -0.249 e. The van der Waals surface area contributed by atoms with E-state index in [4.69, 9.17) is 11.6 Å². The van der Waals surface area contributed by atoms with Gasteiger partial charge >= 0.3 is 0 Å². The topological polar surface area (TPSA) is 38.7 Å². The Kier molecular flexibility index (Phi) is 2.24. The van der Waals surface area contributed by atoms with E-state index in [2.05, 4.69) is 15.0 Å². The molecule has 0 saturated carbocycles. The first kappa shape index (κ1) is 8.59. The summed E-state index contributed by atoms with van der Waals surface area (Å²) in [4.78, 5) is 13.1. The zero-order chi connectivity index (χ0) is 9.26. The first-order valence-electron chi connectivity index (χ1n) is 3.66. The van der Waals surface area contributed by atoms with Crippen LogP contribution in [0, 0.1) is 6.92 Å². The van der Waals surface area contributed by atoms with E-state index in [1.165, 1.54) is 6.33 Å². The molecule has 0 aromatic carbocycles. The third kappa shape index (κ3) is 1.84. The number of aryl methyl sites for hydroxylation is 1. The number of nitrogens with zero attached hydrogens (tertiary/aromatic N) is 3. The maximum atomic E-state index is 5.73. The Morgan fingerprint density at radius 2 is 2.15 bits per heavy atom. The minimum atomic E-state index is 0.455. The number of aromatic nitrogens is 3. The van der Waals surface area contributed by atoms with Gasteiger partial charge in [0, 0.05) is 12.3 Å². The molecule has 13 heavy (non-hydrogen) atoms. The Labute approximate surface area is 84.5 Å². The fraction of sp³-hybridized carbons (Fsp3) is 0.125. The van der Waals surface area contributed by atoms with Gasteiger partial charge < -0.3 is 0 Å². The lowest BCUT2D eigenvalue weighted by Crippen LogP contribution is -1.82. The van der Waals surface area contributed by atoms with Gasteiger partial charge in [0.25, 0.3) is 0 Å². The van der Waals surface area contributed by atoms with Crippen LogP contribution in [-0.2, 0) is 0 Å². The van der Waals surface area contributed by atoms with Gasteiger partial charge in [0.1, 0.15) is 11.5 Å². The molecule has 0 fully saturated rings. The van der Waals surface area contributed by atoms with Crippen LogP contribution in [0.1, 0.15) is 5.01 Å². The quantitative estimate of drug-likeness (QED) is 0.681. The van der Waals surface area contributed by atoms with Crippen LogP contribution in [0.5, 0.6) is 0 Å². The van der Waals surface area contributed by atoms with Crippen LogP contribution in [0.3, 0.4) is 0 Å². The summed E-state index contributed by atoms with van der Waals surface area (Å²) in [5.74, 6) is 0. The van der Waals surface area contributed by atoms with Crippen LogP contribution in [0.2, 0.25) is 5.15 Å². The van der Waals surface area contributed by atoms with Gasteiger partial charge in [-0.15, -0.1) is 11.3 Å². The Balaban J connectivity index is 2.46. The molecule has 0 bridgehead atoms. The Morgan fingerprint density at radius 1 is 1.31 bits per heavy atom. The molecule has 2 aromatic rings. The molecule has 0 unspecified atom stereocenters. The molecule has 0 saturated heterocycles. The van der Waals surface area contributed by atoms with Gasteiger partial charge in [0.05, 0.1) is 15.6 Å². The average Bonchev–Trinajstić information content (AvgIpc) is 2.52. The maximum absolute atomic E-state index is 5.73. The SMILES string of the molecule is Cc1ncc(-c2cc(Cl)ncn2)s1. The van der Waals surface area contributed by atoms with Crippen LogP contribution in [0.4, 0.5) is 0 Å². The van der Waals surface area contributed by atoms with Crippen molar-refractivity contribution < 1.29 is 0 Å². The summed E-state index contributed by atoms with van der Waals surface area (Å²) < 4.78 is 0. The lowest BCUT2D eigenvalue weighted by Gasteiger charge is -1.93. The molecule has 0 aliphatic carbocycles. The number of halogens is 1. The summed E-state index contributed by atoms with van der Waals surface area (Å²) >= 11 is 7.32. The van der Waals surface area contributed by atoms with Crippen LogP contribution in [0.25, 0.3) is 10.6 Å². The monoisotopic (exact) mass is 211 g/mol. The van der Waals surface area contributed by atoms with E-state index < -0.39 is 0 Å². The Bertz CT molecular complexity index is 427. The third-order valence-electron chi connectivity index (χ3n) is 1.51. The highest BCUT2D eigenvalue weighted by atomic mass is 35.5. The molecule has 2 heterocycles. The second-order valence-corrected chi connectivity index (χ2v) is 4.09. The van der Waals surface area contributed by atoms with Crippen molar-refractivity contribution in [2.24, 2.45) is 0 Å². The fourth-order valence-electron chi connectivity index (χ4n) is 0.948. The van der Waals surface area contributed by atoms with Gasteiger partial charge in [0.15, 0.2) is 0 Å². The molecule has 0 radical (unpaired) electrons. The molecule has 2 aromatic heterocycles. The largest absolute Gasteiger partial charge is 0.249 e. The van der Waals surface area contributed by atoms with E-state index in [9.17, 15) is 0 Å². The van der Waals surface area contributed by atoms with Gasteiger partial charge in [-0.1, -0.05) is 11.6 Å². The molecule has 0 spiro atoms. The first-order valence-corrected chi connectivity index (χ1v) is 4.85. The molecule has 66 valence electrons. The molecule has 2 rings (SSSR count). The minimum absolute atomic E-state index is 0.455. The van der Waals surface area contributed by atoms with Crippen LogP contribution < -0.4 is 0 Å². The van der Waals surface area contributed by atoms with E-state index in [1.54, 1.807) is 23.6 Å². The lowest BCUT2D eigenvalue weighted by molar-refractivity contribution is 1.17. The number of thiazole rings is 1. The summed E-state index contributed by atoms with van der Waals surface area (Å²) in [6, 6.07) is 1.73. The van der Waals surface area contributed by atoms with Crippen molar-refractivity contribution in [3.8, 4) is 10.6 Å². The Hall–Kier alpha value is -1.00. The van der Waals surface area contributed by atoms with Crippen molar-refractivity contribution in [1.82, 2.24) is 15.0 Å². The molecule has 0 N–H and O–H groups in total. The summed E-state index contributed by atoms with van der Waals surface area (Å²) in [5.41, 5.74) is 0.825. The lowest BCUT2D eigenvalue weighted by atomic mass is 10.4. The third-order valence-corrected chi connectivity index (χ3v) is 2.65.